The van der Waals surface area contributed by atoms with Crippen LogP contribution in [-0.4, -0.2) is 116 Å². The molecule has 0 aliphatic carbocycles. The molecule has 2 aliphatic heterocycles. The molecule has 0 aromatic rings. The van der Waals surface area contributed by atoms with Gasteiger partial charge in [-0.25, -0.2) is 0 Å². The van der Waals surface area contributed by atoms with E-state index in [1.54, 1.807) is 0 Å². The van der Waals surface area contributed by atoms with Gasteiger partial charge in [0.2, 0.25) is 0 Å². The molecule has 10 atom stereocenters. The van der Waals surface area contributed by atoms with Crippen molar-refractivity contribution in [1.29, 1.82) is 0 Å². The molecule has 0 bridgehead atoms. The van der Waals surface area contributed by atoms with Crippen LogP contribution < -0.4 is 0 Å². The van der Waals surface area contributed by atoms with Crippen LogP contribution in [0.4, 0.5) is 0 Å². The molecule has 0 unspecified atom stereocenters. The lowest BCUT2D eigenvalue weighted by molar-refractivity contribution is -0.341. The Labute approximate surface area is 149 Å². The second-order valence-electron chi connectivity index (χ2n) is 6.58. The van der Waals surface area contributed by atoms with Gasteiger partial charge in [0, 0.05) is 6.42 Å². The summed E-state index contributed by atoms with van der Waals surface area (Å²) in [5.41, 5.74) is 0. The predicted octanol–water partition coefficient (Wildman–Crippen LogP) is -4.37. The molecule has 2 rings (SSSR count). The largest absolute Gasteiger partial charge is 0.394 e. The molecule has 0 aromatic carbocycles. The quantitative estimate of drug-likeness (QED) is 0.235. The number of ketones is 1. The second kappa shape index (κ2) is 8.97. The van der Waals surface area contributed by atoms with Crippen LogP contribution in [0.2, 0.25) is 0 Å². The molecular formula is C15H26O11. The summed E-state index contributed by atoms with van der Waals surface area (Å²) in [6, 6.07) is 0. The smallest absolute Gasteiger partial charge is 0.187 e. The number of ether oxygens (including phenoxy) is 3. The molecule has 7 N–H and O–H groups in total. The zero-order valence-electron chi connectivity index (χ0n) is 14.2. The summed E-state index contributed by atoms with van der Waals surface area (Å²) in [6.45, 7) is -0.00546. The number of rotatable bonds is 6. The van der Waals surface area contributed by atoms with Crippen LogP contribution in [0.1, 0.15) is 13.3 Å². The Morgan fingerprint density at radius 2 is 1.38 bits per heavy atom. The van der Waals surface area contributed by atoms with Gasteiger partial charge in [-0.15, -0.1) is 0 Å². The van der Waals surface area contributed by atoms with E-state index < -0.39 is 74.4 Å². The van der Waals surface area contributed by atoms with Crippen LogP contribution in [0.25, 0.3) is 0 Å². The van der Waals surface area contributed by atoms with Gasteiger partial charge in [0.15, 0.2) is 6.29 Å². The molecular weight excluding hydrogens is 356 g/mol. The molecule has 11 heteroatoms. The first-order valence-electron chi connectivity index (χ1n) is 8.29. The number of carbonyl (C=O) groups excluding carboxylic acids is 1. The lowest BCUT2D eigenvalue weighted by Gasteiger charge is -2.46. The Morgan fingerprint density at radius 1 is 0.808 bits per heavy atom. The fourth-order valence-electron chi connectivity index (χ4n) is 3.12. The van der Waals surface area contributed by atoms with Crippen molar-refractivity contribution >= 4 is 5.78 Å². The highest BCUT2D eigenvalue weighted by molar-refractivity contribution is 5.76. The van der Waals surface area contributed by atoms with Crippen LogP contribution >= 0.6 is 0 Å². The Kier molecular flexibility index (Phi) is 7.44. The highest BCUT2D eigenvalue weighted by Crippen LogP contribution is 2.30. The second-order valence-corrected chi connectivity index (χ2v) is 6.58. The van der Waals surface area contributed by atoms with Crippen molar-refractivity contribution in [1.82, 2.24) is 0 Å². The summed E-state index contributed by atoms with van der Waals surface area (Å²) in [5, 5.41) is 68.6. The number of aliphatic hydroxyl groups is 7. The zero-order valence-corrected chi connectivity index (χ0v) is 14.2. The fourth-order valence-corrected chi connectivity index (χ4v) is 3.12. The van der Waals surface area contributed by atoms with Gasteiger partial charge in [-0.1, -0.05) is 0 Å². The number of aliphatic hydroxyl groups excluding tert-OH is 7. The van der Waals surface area contributed by atoms with Crippen LogP contribution in [0.3, 0.4) is 0 Å². The summed E-state index contributed by atoms with van der Waals surface area (Å²) < 4.78 is 16.0. The first-order valence-corrected chi connectivity index (χ1v) is 8.29. The summed E-state index contributed by atoms with van der Waals surface area (Å²) in [7, 11) is 0. The summed E-state index contributed by atoms with van der Waals surface area (Å²) in [6.07, 6.45) is -14.6. The van der Waals surface area contributed by atoms with Gasteiger partial charge in [0.1, 0.15) is 54.6 Å². The Bertz CT molecular complexity index is 471. The van der Waals surface area contributed by atoms with Gasteiger partial charge < -0.3 is 50.0 Å². The summed E-state index contributed by atoms with van der Waals surface area (Å²) in [4.78, 5) is 11.2. The van der Waals surface area contributed by atoms with E-state index in [1.807, 2.05) is 0 Å². The van der Waals surface area contributed by atoms with E-state index in [4.69, 9.17) is 14.2 Å². The van der Waals surface area contributed by atoms with Gasteiger partial charge >= 0.3 is 0 Å². The summed E-state index contributed by atoms with van der Waals surface area (Å²) >= 11 is 0. The number of Topliss-reactive ketones (excluding diaryl/α,β-unsaturated/α-hetero) is 1. The fraction of sp³-hybridized carbons (Fsp3) is 0.933. The molecule has 2 heterocycles. The maximum atomic E-state index is 11.2. The monoisotopic (exact) mass is 382 g/mol. The van der Waals surface area contributed by atoms with Crippen molar-refractivity contribution in [2.45, 2.75) is 74.6 Å². The van der Waals surface area contributed by atoms with Crippen LogP contribution in [0.5, 0.6) is 0 Å². The van der Waals surface area contributed by atoms with E-state index in [-0.39, 0.29) is 12.2 Å². The number of carbonyl (C=O) groups is 1. The normalized spacial score (nSPS) is 46.9. The minimum absolute atomic E-state index is 0.179. The zero-order chi connectivity index (χ0) is 19.6. The lowest BCUT2D eigenvalue weighted by atomic mass is 9.92. The minimum Gasteiger partial charge on any atom is -0.394 e. The van der Waals surface area contributed by atoms with E-state index in [1.165, 1.54) is 6.92 Å². The van der Waals surface area contributed by atoms with Crippen LogP contribution in [-0.2, 0) is 19.0 Å². The maximum absolute atomic E-state index is 11.2. The minimum atomic E-state index is -1.72. The third-order valence-corrected chi connectivity index (χ3v) is 4.59. The lowest BCUT2D eigenvalue weighted by Crippen LogP contribution is -2.64. The van der Waals surface area contributed by atoms with Crippen LogP contribution in [0, 0.1) is 0 Å². The van der Waals surface area contributed by atoms with Gasteiger partial charge in [0.05, 0.1) is 19.3 Å². The van der Waals surface area contributed by atoms with Gasteiger partial charge in [-0.2, -0.15) is 0 Å². The first-order chi connectivity index (χ1) is 12.2. The molecule has 2 aliphatic rings. The topological polar surface area (TPSA) is 186 Å². The molecule has 26 heavy (non-hydrogen) atoms. The predicted molar refractivity (Wildman–Crippen MR) is 81.7 cm³/mol. The van der Waals surface area contributed by atoms with E-state index in [0.717, 1.165) is 0 Å². The summed E-state index contributed by atoms with van der Waals surface area (Å²) in [5.74, 6) is -0.286. The average Bonchev–Trinajstić information content (AvgIpc) is 2.60. The van der Waals surface area contributed by atoms with Crippen LogP contribution in [0.15, 0.2) is 0 Å². The van der Waals surface area contributed by atoms with E-state index in [0.29, 0.717) is 0 Å². The molecule has 0 amide bonds. The maximum Gasteiger partial charge on any atom is 0.187 e. The Morgan fingerprint density at radius 3 is 1.92 bits per heavy atom. The number of hydrogen-bond acceptors (Lipinski definition) is 11. The molecule has 0 spiro atoms. The van der Waals surface area contributed by atoms with Crippen molar-refractivity contribution < 1.29 is 54.8 Å². The molecule has 2 fully saturated rings. The Balaban J connectivity index is 2.12. The van der Waals surface area contributed by atoms with Crippen molar-refractivity contribution in [3.8, 4) is 0 Å². The van der Waals surface area contributed by atoms with E-state index in [9.17, 15) is 40.5 Å². The molecule has 0 aromatic heterocycles. The standard InChI is InChI=1S/C15H26O11/c1-5(18)2-6-9(19)12(22)14(8(4-17)24-6)26-15-13(23)11(21)10(20)7(3-16)25-15/h6-17,19-23H,2-4H2,1H3/t6-,7-,8-,9+,10-,11+,12-,13-,14-,15-/m1/s1. The highest BCUT2D eigenvalue weighted by Gasteiger charge is 2.50. The van der Waals surface area contributed by atoms with Gasteiger partial charge in [-0.05, 0) is 6.92 Å². The molecule has 0 saturated carbocycles. The van der Waals surface area contributed by atoms with Crippen molar-refractivity contribution in [3.05, 3.63) is 0 Å². The third kappa shape index (κ3) is 4.39. The van der Waals surface area contributed by atoms with E-state index >= 15 is 0 Å². The average molecular weight is 382 g/mol. The number of hydrogen-bond donors (Lipinski definition) is 7. The first kappa shape index (κ1) is 21.6. The molecule has 11 nitrogen and oxygen atoms in total. The van der Waals surface area contributed by atoms with Crippen molar-refractivity contribution in [2.24, 2.45) is 0 Å². The van der Waals surface area contributed by atoms with Crippen molar-refractivity contribution in [3.63, 3.8) is 0 Å². The molecule has 152 valence electrons. The molecule has 2 saturated heterocycles. The third-order valence-electron chi connectivity index (χ3n) is 4.59. The van der Waals surface area contributed by atoms with Gasteiger partial charge in [-0.3, -0.25) is 4.79 Å². The Hall–Kier alpha value is -0.730. The SMILES string of the molecule is CC(=O)C[C@H]1O[C@H](CO)[C@@H](O[C@H]2O[C@H](CO)[C@@H](O)[C@H](O)[C@H]2O)[C@H](O)[C@H]1O. The molecule has 0 radical (unpaired) electrons. The van der Waals surface area contributed by atoms with Gasteiger partial charge in [0.25, 0.3) is 0 Å². The van der Waals surface area contributed by atoms with Crippen molar-refractivity contribution in [2.75, 3.05) is 13.2 Å². The highest BCUT2D eigenvalue weighted by atomic mass is 16.7. The van der Waals surface area contributed by atoms with E-state index in [2.05, 4.69) is 0 Å².